The van der Waals surface area contributed by atoms with Gasteiger partial charge in [-0.05, 0) is 35.5 Å². The Morgan fingerprint density at radius 3 is 2.67 bits per heavy atom. The van der Waals surface area contributed by atoms with Crippen LogP contribution in [0.5, 0.6) is 5.75 Å². The molecule has 2 N–H and O–H groups in total. The normalized spacial score (nSPS) is 10.5. The van der Waals surface area contributed by atoms with Crippen LogP contribution in [0.1, 0.15) is 11.1 Å². The van der Waals surface area contributed by atoms with Crippen LogP contribution in [-0.2, 0) is 6.54 Å². The fraction of sp³-hybridized carbons (Fsp3) is 0.0667. The van der Waals surface area contributed by atoms with Crippen LogP contribution >= 0.6 is 12.2 Å². The molecular formula is C15H12FN4O3S-. The molecule has 0 aliphatic heterocycles. The van der Waals surface area contributed by atoms with Crippen molar-refractivity contribution in [3.8, 4) is 5.75 Å². The minimum absolute atomic E-state index is 0.0676. The van der Waals surface area contributed by atoms with Crippen molar-refractivity contribution in [1.82, 2.24) is 10.7 Å². The number of rotatable bonds is 5. The van der Waals surface area contributed by atoms with Crippen molar-refractivity contribution in [2.24, 2.45) is 5.10 Å². The molecule has 7 nitrogen and oxygen atoms in total. The number of hydrogen-bond acceptors (Lipinski definition) is 5. The lowest BCUT2D eigenvalue weighted by Gasteiger charge is -2.09. The van der Waals surface area contributed by atoms with Gasteiger partial charge in [0.1, 0.15) is 5.82 Å². The van der Waals surface area contributed by atoms with Crippen LogP contribution in [0.2, 0.25) is 0 Å². The summed E-state index contributed by atoms with van der Waals surface area (Å²) in [5, 5.41) is 29.1. The lowest BCUT2D eigenvalue weighted by Crippen LogP contribution is -2.31. The van der Waals surface area contributed by atoms with E-state index in [1.54, 1.807) is 12.1 Å². The standard InChI is InChI=1S/C15H13FN4O3S/c16-12-3-1-10(2-4-12)8-17-15(24)19-18-9-11-7-13(20(22)23)5-6-14(11)21/h1-7,9,21H,8H2,(H2,17,19,24)/p-1/b18-9-. The molecule has 0 atom stereocenters. The summed E-state index contributed by atoms with van der Waals surface area (Å²) >= 11 is 5.00. The lowest BCUT2D eigenvalue weighted by molar-refractivity contribution is -0.385. The number of hydrazone groups is 1. The highest BCUT2D eigenvalue weighted by Crippen LogP contribution is 2.18. The lowest BCUT2D eigenvalue weighted by atomic mass is 10.2. The molecule has 2 aromatic rings. The Kier molecular flexibility index (Phi) is 5.74. The molecule has 0 aliphatic rings. The zero-order chi connectivity index (χ0) is 17.5. The Labute approximate surface area is 142 Å². The first-order valence-corrected chi connectivity index (χ1v) is 7.13. The zero-order valence-electron chi connectivity index (χ0n) is 12.2. The van der Waals surface area contributed by atoms with Crippen LogP contribution in [0.25, 0.3) is 0 Å². The van der Waals surface area contributed by atoms with Gasteiger partial charge in [-0.3, -0.25) is 15.5 Å². The Hall–Kier alpha value is -3.07. The Morgan fingerprint density at radius 1 is 1.29 bits per heavy atom. The third kappa shape index (κ3) is 4.99. The van der Waals surface area contributed by atoms with Gasteiger partial charge in [0, 0.05) is 18.7 Å². The molecule has 9 heteroatoms. The Bertz CT molecular complexity index is 781. The minimum atomic E-state index is -0.598. The second-order valence-corrected chi connectivity index (χ2v) is 5.07. The smallest absolute Gasteiger partial charge is 0.270 e. The SMILES string of the molecule is O=[N+]([O-])c1ccc([O-])c(/C=N\NC(=S)NCc2ccc(F)cc2)c1. The van der Waals surface area contributed by atoms with Crippen LogP contribution in [0, 0.1) is 15.9 Å². The number of hydrogen-bond donors (Lipinski definition) is 2. The summed E-state index contributed by atoms with van der Waals surface area (Å²) in [4.78, 5) is 10.1. The van der Waals surface area contributed by atoms with Gasteiger partial charge in [-0.25, -0.2) is 4.39 Å². The molecule has 0 unspecified atom stereocenters. The Morgan fingerprint density at radius 2 is 2.00 bits per heavy atom. The quantitative estimate of drug-likeness (QED) is 0.370. The van der Waals surface area contributed by atoms with Crippen LogP contribution in [0.15, 0.2) is 47.6 Å². The summed E-state index contributed by atoms with van der Waals surface area (Å²) < 4.78 is 12.8. The maximum absolute atomic E-state index is 12.8. The van der Waals surface area contributed by atoms with Gasteiger partial charge in [-0.2, -0.15) is 5.10 Å². The Balaban J connectivity index is 1.89. The van der Waals surface area contributed by atoms with Gasteiger partial charge in [0.25, 0.3) is 5.69 Å². The topological polar surface area (TPSA) is 103 Å². The number of thiocarbonyl (C=S) groups is 1. The summed E-state index contributed by atoms with van der Waals surface area (Å²) in [7, 11) is 0. The van der Waals surface area contributed by atoms with E-state index in [0.717, 1.165) is 30.0 Å². The third-order valence-electron chi connectivity index (χ3n) is 2.94. The molecular weight excluding hydrogens is 335 g/mol. The molecule has 0 radical (unpaired) electrons. The fourth-order valence-corrected chi connectivity index (χ4v) is 1.86. The van der Waals surface area contributed by atoms with Crippen LogP contribution < -0.4 is 15.8 Å². The summed E-state index contributed by atoms with van der Waals surface area (Å²) in [5.74, 6) is -0.717. The number of nitro benzene ring substituents is 1. The molecule has 0 heterocycles. The number of non-ortho nitro benzene ring substituents is 1. The first-order chi connectivity index (χ1) is 11.5. The predicted octanol–water partition coefficient (Wildman–Crippen LogP) is 1.81. The van der Waals surface area contributed by atoms with Crippen molar-refractivity contribution in [3.63, 3.8) is 0 Å². The van der Waals surface area contributed by atoms with E-state index in [1.165, 1.54) is 12.1 Å². The average molecular weight is 347 g/mol. The first-order valence-electron chi connectivity index (χ1n) is 6.72. The van der Waals surface area contributed by atoms with Crippen LogP contribution in [0.4, 0.5) is 10.1 Å². The van der Waals surface area contributed by atoms with Gasteiger partial charge in [0.05, 0.1) is 11.1 Å². The fourth-order valence-electron chi connectivity index (χ4n) is 1.73. The second kappa shape index (κ2) is 7.97. The molecule has 0 aromatic heterocycles. The van der Waals surface area contributed by atoms with Gasteiger partial charge in [-0.1, -0.05) is 23.9 Å². The molecule has 0 saturated carbocycles. The molecule has 0 aliphatic carbocycles. The van der Waals surface area contributed by atoms with Crippen molar-refractivity contribution in [3.05, 3.63) is 69.5 Å². The van der Waals surface area contributed by atoms with E-state index in [9.17, 15) is 19.6 Å². The predicted molar refractivity (Wildman–Crippen MR) is 89.1 cm³/mol. The largest absolute Gasteiger partial charge is 0.872 e. The number of nitrogens with zero attached hydrogens (tertiary/aromatic N) is 2. The second-order valence-electron chi connectivity index (χ2n) is 4.66. The number of halogens is 1. The van der Waals surface area contributed by atoms with Gasteiger partial charge >= 0.3 is 0 Å². The van der Waals surface area contributed by atoms with E-state index in [0.29, 0.717) is 6.54 Å². The summed E-state index contributed by atoms with van der Waals surface area (Å²) in [6.07, 6.45) is 1.15. The zero-order valence-corrected chi connectivity index (χ0v) is 13.0. The first kappa shape index (κ1) is 17.3. The summed E-state index contributed by atoms with van der Waals surface area (Å²) in [5.41, 5.74) is 3.19. The van der Waals surface area contributed by atoms with Crippen molar-refractivity contribution >= 4 is 29.2 Å². The maximum Gasteiger partial charge on any atom is 0.270 e. The van der Waals surface area contributed by atoms with E-state index in [-0.39, 0.29) is 22.2 Å². The molecule has 0 saturated heterocycles. The summed E-state index contributed by atoms with van der Waals surface area (Å²) in [6.45, 7) is 0.366. The van der Waals surface area contributed by atoms with E-state index in [1.807, 2.05) is 0 Å². The van der Waals surface area contributed by atoms with E-state index >= 15 is 0 Å². The highest BCUT2D eigenvalue weighted by molar-refractivity contribution is 7.80. The molecule has 2 rings (SSSR count). The van der Waals surface area contributed by atoms with Crippen molar-refractivity contribution < 1.29 is 14.4 Å². The molecule has 0 amide bonds. The van der Waals surface area contributed by atoms with Crippen LogP contribution in [-0.4, -0.2) is 16.3 Å². The van der Waals surface area contributed by atoms with Crippen molar-refractivity contribution in [2.75, 3.05) is 0 Å². The average Bonchev–Trinajstić information content (AvgIpc) is 2.56. The molecule has 2 aromatic carbocycles. The van der Waals surface area contributed by atoms with E-state index in [4.69, 9.17) is 12.2 Å². The van der Waals surface area contributed by atoms with E-state index < -0.39 is 10.7 Å². The molecule has 0 bridgehead atoms. The minimum Gasteiger partial charge on any atom is -0.872 e. The number of nitrogens with one attached hydrogen (secondary N) is 2. The van der Waals surface area contributed by atoms with E-state index in [2.05, 4.69) is 15.8 Å². The maximum atomic E-state index is 12.8. The number of benzene rings is 2. The van der Waals surface area contributed by atoms with Gasteiger partial charge in [-0.15, -0.1) is 0 Å². The van der Waals surface area contributed by atoms with Gasteiger partial charge < -0.3 is 10.4 Å². The highest BCUT2D eigenvalue weighted by atomic mass is 32.1. The monoisotopic (exact) mass is 347 g/mol. The molecule has 0 spiro atoms. The third-order valence-corrected chi connectivity index (χ3v) is 3.18. The number of nitro groups is 1. The molecule has 124 valence electrons. The highest BCUT2D eigenvalue weighted by Gasteiger charge is 2.05. The van der Waals surface area contributed by atoms with Crippen molar-refractivity contribution in [2.45, 2.75) is 6.54 Å². The summed E-state index contributed by atoms with van der Waals surface area (Å²) in [6, 6.07) is 9.25. The van der Waals surface area contributed by atoms with Gasteiger partial charge in [0.15, 0.2) is 5.11 Å². The van der Waals surface area contributed by atoms with Crippen molar-refractivity contribution in [1.29, 1.82) is 0 Å². The van der Waals surface area contributed by atoms with Crippen LogP contribution in [0.3, 0.4) is 0 Å². The van der Waals surface area contributed by atoms with Gasteiger partial charge in [0.2, 0.25) is 0 Å². The molecule has 24 heavy (non-hydrogen) atoms. The molecule has 0 fully saturated rings.